The van der Waals surface area contributed by atoms with Gasteiger partial charge in [0.05, 0.1) is 0 Å². The maximum Gasteiger partial charge on any atom is 0.0367 e. The third-order valence-electron chi connectivity index (χ3n) is 4.26. The van der Waals surface area contributed by atoms with Gasteiger partial charge in [0.2, 0.25) is 0 Å². The van der Waals surface area contributed by atoms with E-state index in [1.807, 2.05) is 0 Å². The van der Waals surface area contributed by atoms with E-state index < -0.39 is 0 Å². The summed E-state index contributed by atoms with van der Waals surface area (Å²) in [6.45, 7) is 15.9. The summed E-state index contributed by atoms with van der Waals surface area (Å²) in [7, 11) is 0. The topological polar surface area (TPSA) is 18.5 Å². The largest absolute Gasteiger partial charge is 0.369 e. The molecule has 0 aliphatic carbocycles. The van der Waals surface area contributed by atoms with Crippen molar-refractivity contribution in [2.45, 2.75) is 33.7 Å². The summed E-state index contributed by atoms with van der Waals surface area (Å²) >= 11 is 0. The van der Waals surface area contributed by atoms with Gasteiger partial charge in [-0.3, -0.25) is 4.90 Å². The number of nitrogens with one attached hydrogen (secondary N) is 1. The lowest BCUT2D eigenvalue weighted by atomic mass is 10.1. The molecule has 0 radical (unpaired) electrons. The molecule has 1 saturated heterocycles. The van der Waals surface area contributed by atoms with Crippen molar-refractivity contribution in [2.75, 3.05) is 44.2 Å². The lowest BCUT2D eigenvalue weighted by molar-refractivity contribution is 0.231. The van der Waals surface area contributed by atoms with Gasteiger partial charge in [0, 0.05) is 44.5 Å². The van der Waals surface area contributed by atoms with Crippen molar-refractivity contribution in [1.29, 1.82) is 0 Å². The van der Waals surface area contributed by atoms with Gasteiger partial charge in [-0.1, -0.05) is 32.9 Å². The lowest BCUT2D eigenvalue weighted by Gasteiger charge is -2.37. The zero-order valence-electron chi connectivity index (χ0n) is 14.1. The van der Waals surface area contributed by atoms with Crippen LogP contribution in [0.5, 0.6) is 0 Å². The van der Waals surface area contributed by atoms with E-state index in [4.69, 9.17) is 0 Å². The Balaban J connectivity index is 1.89. The Morgan fingerprint density at radius 1 is 1.00 bits per heavy atom. The maximum atomic E-state index is 3.46. The zero-order chi connectivity index (χ0) is 15.2. The number of anilines is 1. The van der Waals surface area contributed by atoms with Crippen LogP contribution < -0.4 is 10.2 Å². The molecule has 1 aromatic carbocycles. The minimum absolute atomic E-state index is 0.437. The predicted molar refractivity (Wildman–Crippen MR) is 92.0 cm³/mol. The SMILES string of the molecule is CCNC(C)c1ccc(N2CCN(CC(C)C)CC2)cc1. The molecule has 1 heterocycles. The molecular formula is C18H31N3. The number of piperazine rings is 1. The molecule has 1 atom stereocenters. The molecule has 0 spiro atoms. The quantitative estimate of drug-likeness (QED) is 0.868. The molecule has 0 bridgehead atoms. The second-order valence-corrected chi connectivity index (χ2v) is 6.55. The highest BCUT2D eigenvalue weighted by atomic mass is 15.3. The Morgan fingerprint density at radius 3 is 2.14 bits per heavy atom. The average Bonchev–Trinajstić information content (AvgIpc) is 2.48. The summed E-state index contributed by atoms with van der Waals surface area (Å²) in [5.74, 6) is 0.767. The third-order valence-corrected chi connectivity index (χ3v) is 4.26. The Hall–Kier alpha value is -1.06. The third kappa shape index (κ3) is 4.72. The van der Waals surface area contributed by atoms with Crippen LogP contribution in [0.15, 0.2) is 24.3 Å². The standard InChI is InChI=1S/C18H31N3/c1-5-19-16(4)17-6-8-18(9-7-17)21-12-10-20(11-13-21)14-15(2)3/h6-9,15-16,19H,5,10-14H2,1-4H3. The number of nitrogens with zero attached hydrogens (tertiary/aromatic N) is 2. The second-order valence-electron chi connectivity index (χ2n) is 6.55. The maximum absolute atomic E-state index is 3.46. The van der Waals surface area contributed by atoms with Crippen LogP contribution >= 0.6 is 0 Å². The smallest absolute Gasteiger partial charge is 0.0367 e. The van der Waals surface area contributed by atoms with E-state index in [1.54, 1.807) is 0 Å². The number of hydrogen-bond acceptors (Lipinski definition) is 3. The molecule has 1 N–H and O–H groups in total. The number of rotatable bonds is 6. The van der Waals surface area contributed by atoms with Crippen molar-refractivity contribution in [3.8, 4) is 0 Å². The van der Waals surface area contributed by atoms with Crippen molar-refractivity contribution < 1.29 is 0 Å². The van der Waals surface area contributed by atoms with Crippen LogP contribution in [0.4, 0.5) is 5.69 Å². The van der Waals surface area contributed by atoms with Crippen LogP contribution in [-0.2, 0) is 0 Å². The second kappa shape index (κ2) is 7.81. The normalized spacial score (nSPS) is 18.2. The molecule has 1 aromatic rings. The molecule has 3 heteroatoms. The molecule has 0 aromatic heterocycles. The first-order valence-corrected chi connectivity index (χ1v) is 8.40. The molecule has 118 valence electrons. The van der Waals surface area contributed by atoms with Crippen LogP contribution in [0.2, 0.25) is 0 Å². The van der Waals surface area contributed by atoms with Crippen LogP contribution in [0.25, 0.3) is 0 Å². The van der Waals surface area contributed by atoms with Gasteiger partial charge in [0.15, 0.2) is 0 Å². The summed E-state index contributed by atoms with van der Waals surface area (Å²) in [4.78, 5) is 5.10. The zero-order valence-corrected chi connectivity index (χ0v) is 14.1. The first-order valence-electron chi connectivity index (χ1n) is 8.40. The van der Waals surface area contributed by atoms with Crippen LogP contribution in [0, 0.1) is 5.92 Å². The van der Waals surface area contributed by atoms with Crippen molar-refractivity contribution in [2.24, 2.45) is 5.92 Å². The van der Waals surface area contributed by atoms with E-state index >= 15 is 0 Å². The molecule has 1 fully saturated rings. The van der Waals surface area contributed by atoms with E-state index in [9.17, 15) is 0 Å². The molecule has 2 rings (SSSR count). The highest BCUT2D eigenvalue weighted by Crippen LogP contribution is 2.20. The summed E-state index contributed by atoms with van der Waals surface area (Å²) in [5.41, 5.74) is 2.74. The lowest BCUT2D eigenvalue weighted by Crippen LogP contribution is -2.47. The fourth-order valence-corrected chi connectivity index (χ4v) is 3.10. The molecule has 3 nitrogen and oxygen atoms in total. The fraction of sp³-hybridized carbons (Fsp3) is 0.667. The highest BCUT2D eigenvalue weighted by Gasteiger charge is 2.17. The predicted octanol–water partition coefficient (Wildman–Crippen LogP) is 3.14. The fourth-order valence-electron chi connectivity index (χ4n) is 3.10. The Kier molecular flexibility index (Phi) is 6.07. The summed E-state index contributed by atoms with van der Waals surface area (Å²) < 4.78 is 0. The molecule has 1 aliphatic rings. The van der Waals surface area contributed by atoms with Crippen molar-refractivity contribution in [1.82, 2.24) is 10.2 Å². The Labute approximate surface area is 130 Å². The first kappa shape index (κ1) is 16.3. The number of benzene rings is 1. The van der Waals surface area contributed by atoms with Gasteiger partial charge in [0.25, 0.3) is 0 Å². The first-order chi connectivity index (χ1) is 10.1. The van der Waals surface area contributed by atoms with E-state index in [1.165, 1.54) is 30.9 Å². The van der Waals surface area contributed by atoms with Crippen molar-refractivity contribution in [3.63, 3.8) is 0 Å². The van der Waals surface area contributed by atoms with E-state index in [0.29, 0.717) is 6.04 Å². The molecule has 0 amide bonds. The molecule has 1 aliphatic heterocycles. The van der Waals surface area contributed by atoms with Crippen molar-refractivity contribution in [3.05, 3.63) is 29.8 Å². The van der Waals surface area contributed by atoms with Gasteiger partial charge in [-0.05, 0) is 37.1 Å². The van der Waals surface area contributed by atoms with E-state index in [-0.39, 0.29) is 0 Å². The molecule has 0 saturated carbocycles. The summed E-state index contributed by atoms with van der Waals surface area (Å²) in [5, 5.41) is 3.46. The van der Waals surface area contributed by atoms with Gasteiger partial charge in [-0.2, -0.15) is 0 Å². The molecule has 21 heavy (non-hydrogen) atoms. The van der Waals surface area contributed by atoms with E-state index in [0.717, 1.165) is 25.6 Å². The van der Waals surface area contributed by atoms with Crippen molar-refractivity contribution >= 4 is 5.69 Å². The van der Waals surface area contributed by atoms with Crippen LogP contribution in [0.3, 0.4) is 0 Å². The van der Waals surface area contributed by atoms with Gasteiger partial charge in [-0.25, -0.2) is 0 Å². The van der Waals surface area contributed by atoms with Gasteiger partial charge >= 0.3 is 0 Å². The van der Waals surface area contributed by atoms with Crippen LogP contribution in [-0.4, -0.2) is 44.2 Å². The molecular weight excluding hydrogens is 258 g/mol. The van der Waals surface area contributed by atoms with Crippen LogP contribution in [0.1, 0.15) is 39.3 Å². The van der Waals surface area contributed by atoms with Gasteiger partial charge in [0.1, 0.15) is 0 Å². The van der Waals surface area contributed by atoms with Gasteiger partial charge in [-0.15, -0.1) is 0 Å². The van der Waals surface area contributed by atoms with Gasteiger partial charge < -0.3 is 10.2 Å². The highest BCUT2D eigenvalue weighted by molar-refractivity contribution is 5.48. The summed E-state index contributed by atoms with van der Waals surface area (Å²) in [6, 6.07) is 9.53. The summed E-state index contributed by atoms with van der Waals surface area (Å²) in [6.07, 6.45) is 0. The monoisotopic (exact) mass is 289 g/mol. The van der Waals surface area contributed by atoms with E-state index in [2.05, 4.69) is 67.1 Å². The Bertz CT molecular complexity index is 405. The Morgan fingerprint density at radius 2 is 1.62 bits per heavy atom. The minimum atomic E-state index is 0.437. The number of hydrogen-bond donors (Lipinski definition) is 1. The average molecular weight is 289 g/mol. The molecule has 1 unspecified atom stereocenters. The minimum Gasteiger partial charge on any atom is -0.369 e.